The van der Waals surface area contributed by atoms with Crippen LogP contribution in [-0.4, -0.2) is 25.0 Å². The third-order valence-electron chi connectivity index (χ3n) is 1.80. The first kappa shape index (κ1) is 13.2. The van der Waals surface area contributed by atoms with Gasteiger partial charge in [-0.2, -0.15) is 0 Å². The van der Waals surface area contributed by atoms with Gasteiger partial charge in [-0.15, -0.1) is 0 Å². The Bertz CT molecular complexity index is 415. The Kier molecular flexibility index (Phi) is 4.63. The molecule has 1 aromatic carbocycles. The molecule has 0 amide bonds. The van der Waals surface area contributed by atoms with Gasteiger partial charge in [-0.25, -0.2) is 9.18 Å². The number of carbonyl (C=O) groups is 2. The third kappa shape index (κ3) is 4.22. The molecule has 0 unspecified atom stereocenters. The van der Waals surface area contributed by atoms with Crippen LogP contribution in [0.2, 0.25) is 0 Å². The minimum atomic E-state index is -0.632. The van der Waals surface area contributed by atoms with E-state index in [1.807, 2.05) is 0 Å². The Labute approximate surface area is 98.3 Å². The fourth-order valence-corrected chi connectivity index (χ4v) is 1.14. The van der Waals surface area contributed by atoms with E-state index in [-0.39, 0.29) is 17.4 Å². The van der Waals surface area contributed by atoms with Gasteiger partial charge in [-0.05, 0) is 32.0 Å². The molecule has 17 heavy (non-hydrogen) atoms. The molecular weight excluding hydrogens is 227 g/mol. The van der Waals surface area contributed by atoms with Crippen molar-refractivity contribution >= 4 is 12.3 Å². The first-order valence-electron chi connectivity index (χ1n) is 5.10. The zero-order valence-corrected chi connectivity index (χ0v) is 9.60. The highest BCUT2D eigenvalue weighted by atomic mass is 19.1. The number of aldehydes is 1. The van der Waals surface area contributed by atoms with Crippen molar-refractivity contribution in [3.8, 4) is 5.75 Å². The average molecular weight is 240 g/mol. The van der Waals surface area contributed by atoms with Gasteiger partial charge in [-0.3, -0.25) is 4.79 Å². The predicted octanol–water partition coefficient (Wildman–Crippen LogP) is 1.97. The first-order chi connectivity index (χ1) is 8.02. The molecule has 5 heteroatoms. The van der Waals surface area contributed by atoms with Crippen LogP contribution >= 0.6 is 0 Å². The van der Waals surface area contributed by atoms with E-state index in [1.165, 1.54) is 12.1 Å². The zero-order valence-electron chi connectivity index (χ0n) is 9.60. The molecule has 0 saturated heterocycles. The summed E-state index contributed by atoms with van der Waals surface area (Å²) in [5, 5.41) is 0. The minimum Gasteiger partial charge on any atom is -0.479 e. The number of benzene rings is 1. The van der Waals surface area contributed by atoms with E-state index in [2.05, 4.69) is 0 Å². The summed E-state index contributed by atoms with van der Waals surface area (Å²) < 4.78 is 23.0. The van der Waals surface area contributed by atoms with Crippen molar-refractivity contribution in [1.82, 2.24) is 0 Å². The molecule has 4 nitrogen and oxygen atoms in total. The molecule has 92 valence electrons. The van der Waals surface area contributed by atoms with Gasteiger partial charge >= 0.3 is 5.97 Å². The quantitative estimate of drug-likeness (QED) is 0.583. The van der Waals surface area contributed by atoms with Crippen molar-refractivity contribution in [2.45, 2.75) is 20.0 Å². The molecular formula is C12H13FO4. The van der Waals surface area contributed by atoms with Crippen molar-refractivity contribution < 1.29 is 23.5 Å². The maximum atomic E-state index is 13.2. The molecule has 0 saturated carbocycles. The lowest BCUT2D eigenvalue weighted by Gasteiger charge is -2.09. The molecule has 0 heterocycles. The highest BCUT2D eigenvalue weighted by Gasteiger charge is 2.09. The normalized spacial score (nSPS) is 10.1. The second kappa shape index (κ2) is 5.98. The molecule has 0 radical (unpaired) electrons. The van der Waals surface area contributed by atoms with E-state index >= 15 is 0 Å². The van der Waals surface area contributed by atoms with Crippen LogP contribution in [-0.2, 0) is 9.53 Å². The summed E-state index contributed by atoms with van der Waals surface area (Å²) in [6.07, 6.45) is 0.316. The highest BCUT2D eigenvalue weighted by Crippen LogP contribution is 2.17. The summed E-state index contributed by atoms with van der Waals surface area (Å²) >= 11 is 0. The number of hydrogen-bond donors (Lipinski definition) is 0. The molecule has 0 aromatic heterocycles. The molecule has 0 N–H and O–H groups in total. The molecule has 1 aromatic rings. The van der Waals surface area contributed by atoms with Crippen LogP contribution in [0.4, 0.5) is 4.39 Å². The van der Waals surface area contributed by atoms with E-state index < -0.39 is 18.4 Å². The predicted molar refractivity (Wildman–Crippen MR) is 58.5 cm³/mol. The Hall–Kier alpha value is -1.91. The molecule has 1 rings (SSSR count). The van der Waals surface area contributed by atoms with Crippen molar-refractivity contribution in [2.24, 2.45) is 0 Å². The number of esters is 1. The van der Waals surface area contributed by atoms with Gasteiger partial charge in [-0.1, -0.05) is 0 Å². The monoisotopic (exact) mass is 240 g/mol. The summed E-state index contributed by atoms with van der Waals surface area (Å²) in [6, 6.07) is 3.65. The number of hydrogen-bond acceptors (Lipinski definition) is 4. The van der Waals surface area contributed by atoms with Crippen LogP contribution in [0.1, 0.15) is 24.2 Å². The summed E-state index contributed by atoms with van der Waals surface area (Å²) in [7, 11) is 0. The van der Waals surface area contributed by atoms with Crippen LogP contribution < -0.4 is 4.74 Å². The number of carbonyl (C=O) groups excluding carboxylic acids is 2. The lowest BCUT2D eigenvalue weighted by molar-refractivity contribution is -0.149. The van der Waals surface area contributed by atoms with Gasteiger partial charge in [0.05, 0.1) is 6.10 Å². The Morgan fingerprint density at radius 2 is 2.18 bits per heavy atom. The van der Waals surface area contributed by atoms with E-state index in [9.17, 15) is 14.0 Å². The minimum absolute atomic E-state index is 0.143. The van der Waals surface area contributed by atoms with Crippen LogP contribution in [0.25, 0.3) is 0 Å². The largest absolute Gasteiger partial charge is 0.479 e. The topological polar surface area (TPSA) is 52.6 Å². The van der Waals surface area contributed by atoms with E-state index in [0.29, 0.717) is 6.29 Å². The lowest BCUT2D eigenvalue weighted by Crippen LogP contribution is -2.19. The van der Waals surface area contributed by atoms with Crippen LogP contribution in [0.5, 0.6) is 5.75 Å². The molecule has 0 spiro atoms. The van der Waals surface area contributed by atoms with Gasteiger partial charge in [0.1, 0.15) is 6.29 Å². The van der Waals surface area contributed by atoms with Crippen molar-refractivity contribution in [2.75, 3.05) is 6.61 Å². The Morgan fingerprint density at radius 1 is 1.47 bits per heavy atom. The highest BCUT2D eigenvalue weighted by molar-refractivity contribution is 5.75. The van der Waals surface area contributed by atoms with Gasteiger partial charge in [0.25, 0.3) is 0 Å². The Morgan fingerprint density at radius 3 is 2.76 bits per heavy atom. The van der Waals surface area contributed by atoms with Crippen molar-refractivity contribution in [1.29, 1.82) is 0 Å². The van der Waals surface area contributed by atoms with Crippen molar-refractivity contribution in [3.63, 3.8) is 0 Å². The summed E-state index contributed by atoms with van der Waals surface area (Å²) in [5.41, 5.74) is 0.277. The molecule has 0 aliphatic heterocycles. The summed E-state index contributed by atoms with van der Waals surface area (Å²) in [5.74, 6) is -1.36. The van der Waals surface area contributed by atoms with E-state index in [1.54, 1.807) is 13.8 Å². The van der Waals surface area contributed by atoms with Gasteiger partial charge < -0.3 is 9.47 Å². The molecule has 0 bridgehead atoms. The third-order valence-corrected chi connectivity index (χ3v) is 1.80. The fraction of sp³-hybridized carbons (Fsp3) is 0.333. The average Bonchev–Trinajstić information content (AvgIpc) is 2.27. The molecule has 0 aliphatic carbocycles. The molecule has 0 atom stereocenters. The van der Waals surface area contributed by atoms with Crippen LogP contribution in [0, 0.1) is 5.82 Å². The summed E-state index contributed by atoms with van der Waals surface area (Å²) in [6.45, 7) is 3.01. The maximum Gasteiger partial charge on any atom is 0.344 e. The Balaban J connectivity index is 2.62. The van der Waals surface area contributed by atoms with Gasteiger partial charge in [0, 0.05) is 5.56 Å². The van der Waals surface area contributed by atoms with Crippen LogP contribution in [0.15, 0.2) is 18.2 Å². The number of rotatable bonds is 5. The second-order valence-electron chi connectivity index (χ2n) is 3.63. The number of halogens is 1. The molecule has 0 aliphatic rings. The van der Waals surface area contributed by atoms with Gasteiger partial charge in [0.2, 0.25) is 0 Å². The second-order valence-corrected chi connectivity index (χ2v) is 3.63. The maximum absolute atomic E-state index is 13.2. The number of ether oxygens (including phenoxy) is 2. The van der Waals surface area contributed by atoms with Crippen LogP contribution in [0.3, 0.4) is 0 Å². The zero-order chi connectivity index (χ0) is 12.8. The van der Waals surface area contributed by atoms with Crippen molar-refractivity contribution in [3.05, 3.63) is 29.6 Å². The smallest absolute Gasteiger partial charge is 0.344 e. The standard InChI is InChI=1S/C12H13FO4/c1-8(2)17-12(15)7-16-11-5-9(6-14)3-4-10(11)13/h3-6,8H,7H2,1-2H3. The van der Waals surface area contributed by atoms with Gasteiger partial charge in [0.15, 0.2) is 18.2 Å². The molecule has 0 fully saturated rings. The fourth-order valence-electron chi connectivity index (χ4n) is 1.14. The van der Waals surface area contributed by atoms with E-state index in [0.717, 1.165) is 6.07 Å². The SMILES string of the molecule is CC(C)OC(=O)COc1cc(C=O)ccc1F. The summed E-state index contributed by atoms with van der Waals surface area (Å²) in [4.78, 5) is 21.6. The van der Waals surface area contributed by atoms with E-state index in [4.69, 9.17) is 9.47 Å². The first-order valence-corrected chi connectivity index (χ1v) is 5.10. The lowest BCUT2D eigenvalue weighted by atomic mass is 10.2.